The molecule has 28 heavy (non-hydrogen) atoms. The Balaban J connectivity index is 2.24. The lowest BCUT2D eigenvalue weighted by molar-refractivity contribution is 0.0949. The second-order valence-corrected chi connectivity index (χ2v) is 5.68. The van der Waals surface area contributed by atoms with Crippen LogP contribution in [0.1, 0.15) is 43.6 Å². The van der Waals surface area contributed by atoms with Crippen molar-refractivity contribution in [3.8, 4) is 23.1 Å². The number of benzene rings is 1. The van der Waals surface area contributed by atoms with Crippen LogP contribution in [0.3, 0.4) is 0 Å². The van der Waals surface area contributed by atoms with E-state index in [-0.39, 0.29) is 5.91 Å². The minimum absolute atomic E-state index is 0.253. The van der Waals surface area contributed by atoms with E-state index in [1.807, 2.05) is 33.8 Å². The van der Waals surface area contributed by atoms with Crippen LogP contribution in [0.2, 0.25) is 0 Å². The Morgan fingerprint density at radius 2 is 1.54 bits per heavy atom. The lowest BCUT2D eigenvalue weighted by Gasteiger charge is -2.17. The largest absolute Gasteiger partial charge is 0.490 e. The van der Waals surface area contributed by atoms with E-state index in [9.17, 15) is 4.79 Å². The van der Waals surface area contributed by atoms with Gasteiger partial charge in [0.2, 0.25) is 11.6 Å². The zero-order valence-corrected chi connectivity index (χ0v) is 16.9. The van der Waals surface area contributed by atoms with E-state index in [4.69, 9.17) is 18.9 Å². The predicted molar refractivity (Wildman–Crippen MR) is 107 cm³/mol. The van der Waals surface area contributed by atoms with Gasteiger partial charge in [-0.3, -0.25) is 4.79 Å². The van der Waals surface area contributed by atoms with Gasteiger partial charge in [0, 0.05) is 23.9 Å². The fourth-order valence-corrected chi connectivity index (χ4v) is 2.62. The summed E-state index contributed by atoms with van der Waals surface area (Å²) in [6, 6.07) is 7.01. The minimum Gasteiger partial charge on any atom is -0.490 e. The van der Waals surface area contributed by atoms with Crippen LogP contribution in [0.25, 0.3) is 0 Å². The highest BCUT2D eigenvalue weighted by Crippen LogP contribution is 2.39. The molecule has 0 saturated carbocycles. The molecular formula is C21H28N2O5. The third kappa shape index (κ3) is 5.52. The molecule has 0 bridgehead atoms. The first-order valence-electron chi connectivity index (χ1n) is 9.55. The van der Waals surface area contributed by atoms with Crippen molar-refractivity contribution in [1.82, 2.24) is 10.3 Å². The Labute approximate surface area is 166 Å². The second-order valence-electron chi connectivity index (χ2n) is 5.68. The van der Waals surface area contributed by atoms with Crippen molar-refractivity contribution in [1.29, 1.82) is 0 Å². The van der Waals surface area contributed by atoms with Gasteiger partial charge in [0.05, 0.1) is 26.4 Å². The maximum absolute atomic E-state index is 12.7. The summed E-state index contributed by atoms with van der Waals surface area (Å²) in [5, 5.41) is 2.89. The van der Waals surface area contributed by atoms with Crippen LogP contribution >= 0.6 is 0 Å². The Morgan fingerprint density at radius 1 is 0.929 bits per heavy atom. The van der Waals surface area contributed by atoms with Crippen LogP contribution < -0.4 is 24.3 Å². The molecule has 0 fully saturated rings. The fourth-order valence-electron chi connectivity index (χ4n) is 2.62. The highest BCUT2D eigenvalue weighted by atomic mass is 16.5. The number of nitrogens with one attached hydrogen (secondary N) is 1. The summed E-state index contributed by atoms with van der Waals surface area (Å²) < 4.78 is 22.5. The summed E-state index contributed by atoms with van der Waals surface area (Å²) in [5.74, 6) is 1.74. The zero-order chi connectivity index (χ0) is 20.4. The molecule has 0 spiro atoms. The molecule has 2 rings (SSSR count). The molecule has 0 aliphatic heterocycles. The van der Waals surface area contributed by atoms with Gasteiger partial charge in [-0.15, -0.1) is 0 Å². The summed E-state index contributed by atoms with van der Waals surface area (Å²) >= 11 is 0. The van der Waals surface area contributed by atoms with Gasteiger partial charge in [-0.25, -0.2) is 4.98 Å². The molecule has 0 saturated heterocycles. The number of amides is 1. The first-order chi connectivity index (χ1) is 13.6. The molecule has 1 aromatic heterocycles. The maximum atomic E-state index is 12.7. The normalized spacial score (nSPS) is 10.3. The summed E-state index contributed by atoms with van der Waals surface area (Å²) in [6.07, 6.45) is 1.66. The summed E-state index contributed by atoms with van der Waals surface area (Å²) in [5.41, 5.74) is 1.23. The van der Waals surface area contributed by atoms with E-state index in [0.717, 1.165) is 5.56 Å². The van der Waals surface area contributed by atoms with E-state index >= 15 is 0 Å². The molecule has 0 unspecified atom stereocenters. The van der Waals surface area contributed by atoms with Crippen LogP contribution in [-0.2, 0) is 6.54 Å². The van der Waals surface area contributed by atoms with Crippen molar-refractivity contribution in [2.24, 2.45) is 0 Å². The topological polar surface area (TPSA) is 78.9 Å². The van der Waals surface area contributed by atoms with Crippen LogP contribution in [0.15, 0.2) is 30.5 Å². The molecule has 7 nitrogen and oxygen atoms in total. The van der Waals surface area contributed by atoms with Crippen molar-refractivity contribution in [3.63, 3.8) is 0 Å². The molecule has 1 heterocycles. The first kappa shape index (κ1) is 21.3. The zero-order valence-electron chi connectivity index (χ0n) is 16.9. The summed E-state index contributed by atoms with van der Waals surface area (Å²) in [6.45, 7) is 9.69. The monoisotopic (exact) mass is 388 g/mol. The molecule has 152 valence electrons. The van der Waals surface area contributed by atoms with Crippen LogP contribution in [0.5, 0.6) is 23.1 Å². The SMILES string of the molecule is CCOc1cc(C(=O)NCc2cccnc2OCC)cc(OCC)c1OCC. The molecule has 0 aliphatic carbocycles. The number of aromatic nitrogens is 1. The average molecular weight is 388 g/mol. The molecule has 1 N–H and O–H groups in total. The van der Waals surface area contributed by atoms with Crippen molar-refractivity contribution < 1.29 is 23.7 Å². The van der Waals surface area contributed by atoms with Crippen molar-refractivity contribution in [3.05, 3.63) is 41.6 Å². The number of carbonyl (C=O) groups excluding carboxylic acids is 1. The Kier molecular flexibility index (Phi) is 8.39. The lowest BCUT2D eigenvalue weighted by Crippen LogP contribution is -2.23. The number of nitrogens with zero attached hydrogens (tertiary/aromatic N) is 1. The average Bonchev–Trinajstić information content (AvgIpc) is 2.70. The molecular weight excluding hydrogens is 360 g/mol. The minimum atomic E-state index is -0.253. The predicted octanol–water partition coefficient (Wildman–Crippen LogP) is 3.61. The van der Waals surface area contributed by atoms with Crippen LogP contribution in [0.4, 0.5) is 0 Å². The van der Waals surface area contributed by atoms with Gasteiger partial charge in [-0.1, -0.05) is 6.07 Å². The third-order valence-electron chi connectivity index (χ3n) is 3.74. The molecule has 1 amide bonds. The van der Waals surface area contributed by atoms with Gasteiger partial charge in [-0.2, -0.15) is 0 Å². The number of carbonyl (C=O) groups is 1. The van der Waals surface area contributed by atoms with Gasteiger partial charge < -0.3 is 24.3 Å². The van der Waals surface area contributed by atoms with Gasteiger partial charge in [0.15, 0.2) is 11.5 Å². The molecule has 0 radical (unpaired) electrons. The van der Waals surface area contributed by atoms with Gasteiger partial charge in [0.25, 0.3) is 5.91 Å². The standard InChI is InChI=1S/C21H28N2O5/c1-5-25-17-12-16(13-18(26-6-2)19(17)27-7-3)20(24)23-14-15-10-9-11-22-21(15)28-8-4/h9-13H,5-8,14H2,1-4H3,(H,23,24). The van der Waals surface area contributed by atoms with Gasteiger partial charge in [-0.05, 0) is 45.9 Å². The summed E-state index contributed by atoms with van der Waals surface area (Å²) in [7, 11) is 0. The quantitative estimate of drug-likeness (QED) is 0.634. The second kappa shape index (κ2) is 11.0. The van der Waals surface area contributed by atoms with Gasteiger partial charge in [0.1, 0.15) is 0 Å². The van der Waals surface area contributed by atoms with Crippen molar-refractivity contribution >= 4 is 5.91 Å². The lowest BCUT2D eigenvalue weighted by atomic mass is 10.1. The Morgan fingerprint density at radius 3 is 2.11 bits per heavy atom. The van der Waals surface area contributed by atoms with E-state index in [2.05, 4.69) is 10.3 Å². The fraction of sp³-hybridized carbons (Fsp3) is 0.429. The number of pyridine rings is 1. The Hall–Kier alpha value is -2.96. The number of hydrogen-bond donors (Lipinski definition) is 1. The van der Waals surface area contributed by atoms with Crippen LogP contribution in [-0.4, -0.2) is 37.3 Å². The summed E-state index contributed by atoms with van der Waals surface area (Å²) in [4.78, 5) is 16.9. The van der Waals surface area contributed by atoms with E-state index in [1.165, 1.54) is 0 Å². The Bertz CT molecular complexity index is 752. The number of hydrogen-bond acceptors (Lipinski definition) is 6. The van der Waals surface area contributed by atoms with Crippen molar-refractivity contribution in [2.45, 2.75) is 34.2 Å². The number of ether oxygens (including phenoxy) is 4. The highest BCUT2D eigenvalue weighted by Gasteiger charge is 2.18. The van der Waals surface area contributed by atoms with E-state index < -0.39 is 0 Å². The molecule has 7 heteroatoms. The van der Waals surface area contributed by atoms with E-state index in [0.29, 0.717) is 61.7 Å². The molecule has 0 aliphatic rings. The smallest absolute Gasteiger partial charge is 0.251 e. The van der Waals surface area contributed by atoms with E-state index in [1.54, 1.807) is 24.4 Å². The van der Waals surface area contributed by atoms with Crippen LogP contribution in [0, 0.1) is 0 Å². The van der Waals surface area contributed by atoms with Crippen molar-refractivity contribution in [2.75, 3.05) is 26.4 Å². The number of rotatable bonds is 11. The molecule has 0 atom stereocenters. The molecule has 2 aromatic rings. The molecule has 1 aromatic carbocycles. The van der Waals surface area contributed by atoms with Gasteiger partial charge >= 0.3 is 0 Å². The maximum Gasteiger partial charge on any atom is 0.251 e. The first-order valence-corrected chi connectivity index (χ1v) is 9.55. The third-order valence-corrected chi connectivity index (χ3v) is 3.74. The highest BCUT2D eigenvalue weighted by molar-refractivity contribution is 5.95.